The van der Waals surface area contributed by atoms with Gasteiger partial charge in [0.15, 0.2) is 0 Å². The fourth-order valence-corrected chi connectivity index (χ4v) is 9.37. The number of amides is 2. The summed E-state index contributed by atoms with van der Waals surface area (Å²) in [6, 6.07) is 10.3. The fraction of sp³-hybridized carbons (Fsp3) is 0.730. The lowest BCUT2D eigenvalue weighted by molar-refractivity contribution is -0.193. The van der Waals surface area contributed by atoms with Crippen molar-refractivity contribution in [1.29, 1.82) is 0 Å². The van der Waals surface area contributed by atoms with Gasteiger partial charge in [-0.05, 0) is 95.1 Å². The SMILES string of the molecule is CC1=CC[C@H]2C(C)(C)CCC[C@]2(C)[C@@]12CC[C@@](C)(CC(=O)N(Cc1ccccc1)C(C)(C)C(=O)NC1CCCCC1)O2. The molecule has 2 saturated carbocycles. The fourth-order valence-electron chi connectivity index (χ4n) is 9.37. The minimum absolute atomic E-state index is 0.00897. The zero-order valence-corrected chi connectivity index (χ0v) is 27.5. The molecule has 1 N–H and O–H groups in total. The van der Waals surface area contributed by atoms with E-state index >= 15 is 0 Å². The van der Waals surface area contributed by atoms with Crippen molar-refractivity contribution in [3.63, 3.8) is 0 Å². The van der Waals surface area contributed by atoms with Gasteiger partial charge in [-0.2, -0.15) is 0 Å². The lowest BCUT2D eigenvalue weighted by Crippen LogP contribution is -2.60. The molecule has 1 aliphatic heterocycles. The number of benzene rings is 1. The van der Waals surface area contributed by atoms with E-state index in [4.69, 9.17) is 4.74 Å². The Bertz CT molecular complexity index is 1180. The average molecular weight is 577 g/mol. The molecule has 0 bridgehead atoms. The third-order valence-corrected chi connectivity index (χ3v) is 12.1. The van der Waals surface area contributed by atoms with E-state index in [0.29, 0.717) is 12.5 Å². The Hall–Kier alpha value is -2.14. The molecule has 0 unspecified atom stereocenters. The molecular weight excluding hydrogens is 520 g/mol. The van der Waals surface area contributed by atoms with Gasteiger partial charge in [-0.15, -0.1) is 0 Å². The quantitative estimate of drug-likeness (QED) is 0.334. The van der Waals surface area contributed by atoms with Gasteiger partial charge in [0.05, 0.1) is 17.6 Å². The van der Waals surface area contributed by atoms with Gasteiger partial charge in [0.1, 0.15) is 5.54 Å². The normalized spacial score (nSPS) is 33.1. The second-order valence-corrected chi connectivity index (χ2v) is 15.8. The average Bonchev–Trinajstić information content (AvgIpc) is 3.29. The first kappa shape index (κ1) is 31.3. The van der Waals surface area contributed by atoms with Crippen LogP contribution >= 0.6 is 0 Å². The van der Waals surface area contributed by atoms with Crippen molar-refractivity contribution in [2.75, 3.05) is 0 Å². The maximum atomic E-state index is 14.4. The lowest BCUT2D eigenvalue weighted by atomic mass is 9.46. The van der Waals surface area contributed by atoms with Crippen LogP contribution in [-0.4, -0.2) is 39.5 Å². The van der Waals surface area contributed by atoms with Gasteiger partial charge < -0.3 is 15.0 Å². The Kier molecular flexibility index (Phi) is 8.50. The number of carbonyl (C=O) groups excluding carboxylic acids is 2. The molecule has 1 saturated heterocycles. The van der Waals surface area contributed by atoms with Crippen LogP contribution in [-0.2, 0) is 20.9 Å². The van der Waals surface area contributed by atoms with Gasteiger partial charge in [-0.3, -0.25) is 9.59 Å². The van der Waals surface area contributed by atoms with Gasteiger partial charge in [0, 0.05) is 18.0 Å². The summed E-state index contributed by atoms with van der Waals surface area (Å²) < 4.78 is 7.30. The van der Waals surface area contributed by atoms with Crippen LogP contribution in [0.2, 0.25) is 0 Å². The summed E-state index contributed by atoms with van der Waals surface area (Å²) in [4.78, 5) is 30.0. The van der Waals surface area contributed by atoms with Crippen LogP contribution in [0.5, 0.6) is 0 Å². The van der Waals surface area contributed by atoms with Crippen molar-refractivity contribution in [3.05, 3.63) is 47.5 Å². The van der Waals surface area contributed by atoms with Crippen LogP contribution in [0.4, 0.5) is 0 Å². The van der Waals surface area contributed by atoms with E-state index in [1.807, 2.05) is 49.1 Å². The Morgan fingerprint density at radius 2 is 1.64 bits per heavy atom. The summed E-state index contributed by atoms with van der Waals surface area (Å²) in [6.07, 6.45) is 14.9. The second kappa shape index (κ2) is 11.4. The maximum absolute atomic E-state index is 14.4. The topological polar surface area (TPSA) is 58.6 Å². The summed E-state index contributed by atoms with van der Waals surface area (Å²) in [5, 5.41) is 3.31. The second-order valence-electron chi connectivity index (χ2n) is 15.8. The first-order valence-corrected chi connectivity index (χ1v) is 16.8. The third-order valence-electron chi connectivity index (χ3n) is 12.1. The van der Waals surface area contributed by atoms with Crippen molar-refractivity contribution in [2.24, 2.45) is 16.7 Å². The van der Waals surface area contributed by atoms with Crippen molar-refractivity contribution in [3.8, 4) is 0 Å². The molecule has 42 heavy (non-hydrogen) atoms. The molecule has 5 nitrogen and oxygen atoms in total. The van der Waals surface area contributed by atoms with E-state index in [1.54, 1.807) is 0 Å². The predicted octanol–water partition coefficient (Wildman–Crippen LogP) is 8.12. The number of ether oxygens (including phenoxy) is 1. The first-order valence-electron chi connectivity index (χ1n) is 16.8. The third kappa shape index (κ3) is 5.60. The Morgan fingerprint density at radius 1 is 0.952 bits per heavy atom. The molecule has 1 aromatic rings. The van der Waals surface area contributed by atoms with E-state index in [-0.39, 0.29) is 40.7 Å². The molecule has 4 aliphatic rings. The van der Waals surface area contributed by atoms with Crippen LogP contribution in [0.3, 0.4) is 0 Å². The monoisotopic (exact) mass is 576 g/mol. The van der Waals surface area contributed by atoms with Gasteiger partial charge in [-0.1, -0.05) is 82.9 Å². The van der Waals surface area contributed by atoms with E-state index in [1.165, 1.54) is 31.3 Å². The summed E-state index contributed by atoms with van der Waals surface area (Å²) in [6.45, 7) is 16.0. The molecule has 3 aliphatic carbocycles. The van der Waals surface area contributed by atoms with Crippen LogP contribution in [0.1, 0.15) is 131 Å². The van der Waals surface area contributed by atoms with Gasteiger partial charge in [-0.25, -0.2) is 0 Å². The molecule has 232 valence electrons. The summed E-state index contributed by atoms with van der Waals surface area (Å²) in [5.74, 6) is 0.501. The van der Waals surface area contributed by atoms with E-state index < -0.39 is 11.1 Å². The first-order chi connectivity index (χ1) is 19.7. The zero-order valence-electron chi connectivity index (χ0n) is 27.5. The smallest absolute Gasteiger partial charge is 0.245 e. The standard InChI is InChI=1S/C37H56N2O3/c1-27-19-20-30-33(2,3)21-14-22-36(30,7)37(27)24-23-35(6,42-37)25-31(40)39(26-28-15-10-8-11-16-28)34(4,5)32(41)38-29-17-12-9-13-18-29/h8,10-11,15-16,19,29-30H,9,12-14,17-18,20-26H2,1-7H3,(H,38,41)/t30-,35-,36-,37+/m0/s1. The minimum Gasteiger partial charge on any atom is -0.363 e. The van der Waals surface area contributed by atoms with Crippen molar-refractivity contribution in [2.45, 2.75) is 155 Å². The van der Waals surface area contributed by atoms with E-state index in [2.05, 4.69) is 46.0 Å². The molecule has 1 heterocycles. The molecule has 0 radical (unpaired) electrons. The number of nitrogens with one attached hydrogen (secondary N) is 1. The Balaban J connectivity index is 1.39. The Morgan fingerprint density at radius 3 is 2.33 bits per heavy atom. The van der Waals surface area contributed by atoms with Crippen molar-refractivity contribution in [1.82, 2.24) is 10.2 Å². The number of rotatable bonds is 7. The van der Waals surface area contributed by atoms with Gasteiger partial charge in [0.25, 0.3) is 0 Å². The number of nitrogens with zero attached hydrogens (tertiary/aromatic N) is 1. The molecule has 5 heteroatoms. The molecule has 2 amide bonds. The minimum atomic E-state index is -0.984. The van der Waals surface area contributed by atoms with E-state index in [0.717, 1.165) is 50.5 Å². The molecule has 5 rings (SSSR count). The van der Waals surface area contributed by atoms with Crippen LogP contribution in [0.25, 0.3) is 0 Å². The molecule has 1 spiro atoms. The number of hydrogen-bond donors (Lipinski definition) is 1. The van der Waals surface area contributed by atoms with Crippen LogP contribution < -0.4 is 5.32 Å². The van der Waals surface area contributed by atoms with Crippen LogP contribution in [0, 0.1) is 16.7 Å². The van der Waals surface area contributed by atoms with E-state index in [9.17, 15) is 9.59 Å². The molecular formula is C37H56N2O3. The number of fused-ring (bicyclic) bond motifs is 2. The molecule has 1 aromatic carbocycles. The Labute approximate surface area is 255 Å². The van der Waals surface area contributed by atoms with Crippen molar-refractivity contribution < 1.29 is 14.3 Å². The van der Waals surface area contributed by atoms with Crippen LogP contribution in [0.15, 0.2) is 42.0 Å². The zero-order chi connectivity index (χ0) is 30.4. The largest absolute Gasteiger partial charge is 0.363 e. The maximum Gasteiger partial charge on any atom is 0.245 e. The molecule has 3 fully saturated rings. The molecule has 0 aromatic heterocycles. The highest BCUT2D eigenvalue weighted by Crippen LogP contribution is 2.66. The lowest BCUT2D eigenvalue weighted by Gasteiger charge is -2.61. The molecule has 4 atom stereocenters. The predicted molar refractivity (Wildman–Crippen MR) is 170 cm³/mol. The highest BCUT2D eigenvalue weighted by atomic mass is 16.5. The summed E-state index contributed by atoms with van der Waals surface area (Å²) in [7, 11) is 0. The number of allylic oxidation sites excluding steroid dienone is 1. The summed E-state index contributed by atoms with van der Waals surface area (Å²) >= 11 is 0. The van der Waals surface area contributed by atoms with Crippen molar-refractivity contribution >= 4 is 11.8 Å². The van der Waals surface area contributed by atoms with Gasteiger partial charge in [0.2, 0.25) is 11.8 Å². The summed E-state index contributed by atoms with van der Waals surface area (Å²) in [5.41, 5.74) is 0.814. The van der Waals surface area contributed by atoms with Gasteiger partial charge >= 0.3 is 0 Å². The highest BCUT2D eigenvalue weighted by molar-refractivity contribution is 5.91. The highest BCUT2D eigenvalue weighted by Gasteiger charge is 2.64. The number of carbonyl (C=O) groups is 2. The number of hydrogen-bond acceptors (Lipinski definition) is 3.